The summed E-state index contributed by atoms with van der Waals surface area (Å²) in [6.07, 6.45) is 11.6. The highest BCUT2D eigenvalue weighted by atomic mass is 16.5. The third-order valence-electron chi connectivity index (χ3n) is 6.72. The number of hydrogen-bond acceptors (Lipinski definition) is 3. The Morgan fingerprint density at radius 3 is 2.92 bits per heavy atom. The van der Waals surface area contributed by atoms with E-state index in [0.717, 1.165) is 37.1 Å². The van der Waals surface area contributed by atoms with Crippen molar-refractivity contribution < 1.29 is 4.74 Å². The molecule has 1 aliphatic carbocycles. The van der Waals surface area contributed by atoms with Gasteiger partial charge < -0.3 is 9.72 Å². The molecule has 0 aromatic carbocycles. The van der Waals surface area contributed by atoms with Gasteiger partial charge in [0.1, 0.15) is 5.65 Å². The summed E-state index contributed by atoms with van der Waals surface area (Å²) >= 11 is 0. The number of pyridine rings is 1. The predicted octanol–water partition coefficient (Wildman–Crippen LogP) is 4.43. The molecule has 2 aromatic heterocycles. The molecule has 4 heteroatoms. The van der Waals surface area contributed by atoms with Gasteiger partial charge in [-0.25, -0.2) is 4.98 Å². The minimum absolute atomic E-state index is 0.233. The van der Waals surface area contributed by atoms with Gasteiger partial charge in [0, 0.05) is 31.3 Å². The Morgan fingerprint density at radius 1 is 1.12 bits per heavy atom. The molecule has 0 amide bonds. The van der Waals surface area contributed by atoms with Crippen LogP contribution in [0, 0.1) is 11.8 Å². The van der Waals surface area contributed by atoms with Crippen LogP contribution in [0.3, 0.4) is 0 Å². The predicted molar refractivity (Wildman–Crippen MR) is 99.4 cm³/mol. The van der Waals surface area contributed by atoms with Gasteiger partial charge in [-0.2, -0.15) is 0 Å². The van der Waals surface area contributed by atoms with Crippen molar-refractivity contribution >= 4 is 11.0 Å². The van der Waals surface area contributed by atoms with Crippen LogP contribution in [0.25, 0.3) is 11.0 Å². The molecule has 3 atom stereocenters. The summed E-state index contributed by atoms with van der Waals surface area (Å²) in [5.41, 5.74) is 3.75. The second-order valence-corrected chi connectivity index (χ2v) is 8.25. The van der Waals surface area contributed by atoms with Crippen LogP contribution in [0.5, 0.6) is 0 Å². The van der Waals surface area contributed by atoms with Crippen molar-refractivity contribution in [2.45, 2.75) is 57.6 Å². The molecule has 25 heavy (non-hydrogen) atoms. The Balaban J connectivity index is 1.42. The van der Waals surface area contributed by atoms with Gasteiger partial charge in [0.15, 0.2) is 0 Å². The maximum atomic E-state index is 6.01. The quantitative estimate of drug-likeness (QED) is 0.899. The van der Waals surface area contributed by atoms with Crippen LogP contribution in [-0.2, 0) is 11.3 Å². The number of H-pyrrole nitrogens is 1. The lowest BCUT2D eigenvalue weighted by Crippen LogP contribution is -2.41. The van der Waals surface area contributed by atoms with Gasteiger partial charge in [-0.3, -0.25) is 4.90 Å². The summed E-state index contributed by atoms with van der Waals surface area (Å²) in [4.78, 5) is 10.8. The van der Waals surface area contributed by atoms with E-state index in [-0.39, 0.29) is 6.10 Å². The lowest BCUT2D eigenvalue weighted by molar-refractivity contribution is 0.0796. The molecule has 0 bridgehead atoms. The number of hydrogen-bond donors (Lipinski definition) is 1. The first-order chi connectivity index (χ1) is 12.4. The van der Waals surface area contributed by atoms with E-state index in [1.165, 1.54) is 68.3 Å². The zero-order valence-corrected chi connectivity index (χ0v) is 15.0. The molecular formula is C21H29N3O. The summed E-state index contributed by atoms with van der Waals surface area (Å²) in [5, 5.41) is 1.29. The Hall–Kier alpha value is -1.39. The zero-order valence-electron chi connectivity index (χ0n) is 15.0. The Kier molecular flexibility index (Phi) is 4.26. The first kappa shape index (κ1) is 15.8. The van der Waals surface area contributed by atoms with Crippen LogP contribution >= 0.6 is 0 Å². The Morgan fingerprint density at radius 2 is 2.04 bits per heavy atom. The fourth-order valence-electron chi connectivity index (χ4n) is 5.39. The van der Waals surface area contributed by atoms with Gasteiger partial charge in [0.2, 0.25) is 0 Å². The normalized spacial score (nSPS) is 30.6. The molecule has 3 aliphatic rings. The average molecular weight is 339 g/mol. The number of nitrogens with zero attached hydrogens (tertiary/aromatic N) is 2. The van der Waals surface area contributed by atoms with Crippen molar-refractivity contribution in [1.29, 1.82) is 0 Å². The standard InChI is InChI=1S/C21H29N3O/c1-2-6-16-13-24(11-9-15(16)5-1)14-18-17-7-3-10-22-21(17)23-20(18)19-8-4-12-25-19/h3,7,10,15-16,19H,1-2,4-6,8-9,11-14H2,(H,22,23)/t15-,16+,19+/m0/s1. The maximum Gasteiger partial charge on any atom is 0.137 e. The molecule has 4 heterocycles. The smallest absolute Gasteiger partial charge is 0.137 e. The fraction of sp³-hybridized carbons (Fsp3) is 0.667. The number of fused-ring (bicyclic) bond motifs is 2. The summed E-state index contributed by atoms with van der Waals surface area (Å²) < 4.78 is 6.01. The van der Waals surface area contributed by atoms with Crippen LogP contribution in [0.1, 0.15) is 62.3 Å². The minimum atomic E-state index is 0.233. The van der Waals surface area contributed by atoms with Crippen molar-refractivity contribution in [3.63, 3.8) is 0 Å². The molecule has 1 N–H and O–H groups in total. The second-order valence-electron chi connectivity index (χ2n) is 8.25. The molecule has 0 spiro atoms. The summed E-state index contributed by atoms with van der Waals surface area (Å²) in [6.45, 7) is 4.46. The zero-order chi connectivity index (χ0) is 16.6. The number of aromatic nitrogens is 2. The summed E-state index contributed by atoms with van der Waals surface area (Å²) in [6, 6.07) is 4.28. The van der Waals surface area contributed by atoms with Gasteiger partial charge in [-0.15, -0.1) is 0 Å². The highest BCUT2D eigenvalue weighted by Gasteiger charge is 2.32. The van der Waals surface area contributed by atoms with Crippen LogP contribution in [0.2, 0.25) is 0 Å². The van der Waals surface area contributed by atoms with E-state index in [1.54, 1.807) is 0 Å². The van der Waals surface area contributed by atoms with E-state index >= 15 is 0 Å². The molecule has 134 valence electrons. The van der Waals surface area contributed by atoms with Gasteiger partial charge in [0.05, 0.1) is 11.8 Å². The first-order valence-corrected chi connectivity index (χ1v) is 10.2. The molecule has 0 radical (unpaired) electrons. The van der Waals surface area contributed by atoms with E-state index in [9.17, 15) is 0 Å². The highest BCUT2D eigenvalue weighted by molar-refractivity contribution is 5.81. The van der Waals surface area contributed by atoms with Gasteiger partial charge >= 0.3 is 0 Å². The average Bonchev–Trinajstić information content (AvgIpc) is 3.30. The monoisotopic (exact) mass is 339 g/mol. The maximum absolute atomic E-state index is 6.01. The van der Waals surface area contributed by atoms with Crippen LogP contribution in [0.15, 0.2) is 18.3 Å². The third kappa shape index (κ3) is 3.00. The lowest BCUT2D eigenvalue weighted by Gasteiger charge is -2.41. The molecule has 5 rings (SSSR count). The largest absolute Gasteiger partial charge is 0.372 e. The minimum Gasteiger partial charge on any atom is -0.372 e. The molecule has 3 fully saturated rings. The Labute approximate surface area is 150 Å². The number of rotatable bonds is 3. The van der Waals surface area contributed by atoms with Gasteiger partial charge in [0.25, 0.3) is 0 Å². The van der Waals surface area contributed by atoms with Crippen molar-refractivity contribution in [3.05, 3.63) is 29.6 Å². The van der Waals surface area contributed by atoms with E-state index in [0.29, 0.717) is 0 Å². The lowest BCUT2D eigenvalue weighted by atomic mass is 9.75. The van der Waals surface area contributed by atoms with Gasteiger partial charge in [-0.1, -0.05) is 19.3 Å². The second kappa shape index (κ2) is 6.73. The molecule has 2 saturated heterocycles. The fourth-order valence-corrected chi connectivity index (χ4v) is 5.39. The number of aromatic amines is 1. The molecule has 0 unspecified atom stereocenters. The SMILES string of the molecule is c1cnc2[nH]c([C@H]3CCCO3)c(CN3CC[C@@H]4CCCC[C@@H]4C3)c2c1. The van der Waals surface area contributed by atoms with Crippen molar-refractivity contribution in [2.75, 3.05) is 19.7 Å². The third-order valence-corrected chi connectivity index (χ3v) is 6.72. The number of likely N-dealkylation sites (tertiary alicyclic amines) is 1. The van der Waals surface area contributed by atoms with Crippen molar-refractivity contribution in [3.8, 4) is 0 Å². The number of piperidine rings is 1. The van der Waals surface area contributed by atoms with Gasteiger partial charge in [-0.05, 0) is 61.8 Å². The molecular weight excluding hydrogens is 310 g/mol. The number of ether oxygens (including phenoxy) is 1. The highest BCUT2D eigenvalue weighted by Crippen LogP contribution is 2.38. The molecule has 2 aromatic rings. The summed E-state index contributed by atoms with van der Waals surface area (Å²) in [5.74, 6) is 1.92. The Bertz CT molecular complexity index is 734. The first-order valence-electron chi connectivity index (χ1n) is 10.2. The molecule has 1 saturated carbocycles. The number of nitrogens with one attached hydrogen (secondary N) is 1. The van der Waals surface area contributed by atoms with E-state index in [2.05, 4.69) is 27.0 Å². The van der Waals surface area contributed by atoms with E-state index in [4.69, 9.17) is 4.74 Å². The van der Waals surface area contributed by atoms with Crippen molar-refractivity contribution in [2.24, 2.45) is 11.8 Å². The van der Waals surface area contributed by atoms with E-state index in [1.807, 2.05) is 6.20 Å². The molecule has 4 nitrogen and oxygen atoms in total. The van der Waals surface area contributed by atoms with Crippen LogP contribution in [0.4, 0.5) is 0 Å². The van der Waals surface area contributed by atoms with Crippen LogP contribution < -0.4 is 0 Å². The summed E-state index contributed by atoms with van der Waals surface area (Å²) in [7, 11) is 0. The van der Waals surface area contributed by atoms with Crippen molar-refractivity contribution in [1.82, 2.24) is 14.9 Å². The van der Waals surface area contributed by atoms with Crippen LogP contribution in [-0.4, -0.2) is 34.6 Å². The topological polar surface area (TPSA) is 41.1 Å². The van der Waals surface area contributed by atoms with E-state index < -0.39 is 0 Å². The molecule has 2 aliphatic heterocycles.